The van der Waals surface area contributed by atoms with Gasteiger partial charge in [-0.3, -0.25) is 4.79 Å². The number of esters is 1. The van der Waals surface area contributed by atoms with Crippen molar-refractivity contribution in [1.29, 1.82) is 0 Å². The topological polar surface area (TPSA) is 57.5 Å². The third kappa shape index (κ3) is 1.51. The highest BCUT2D eigenvalue weighted by Crippen LogP contribution is 2.37. The van der Waals surface area contributed by atoms with Gasteiger partial charge in [0.2, 0.25) is 0 Å². The summed E-state index contributed by atoms with van der Waals surface area (Å²) in [6, 6.07) is 1.96. The Morgan fingerprint density at radius 1 is 1.47 bits per heavy atom. The van der Waals surface area contributed by atoms with Gasteiger partial charge in [0, 0.05) is 24.9 Å². The van der Waals surface area contributed by atoms with Gasteiger partial charge in [-0.25, -0.2) is 4.79 Å². The number of fused-ring (bicyclic) bond motifs is 2. The molecule has 0 saturated carbocycles. The molecule has 3 rings (SSSR count). The van der Waals surface area contributed by atoms with Crippen molar-refractivity contribution in [1.82, 2.24) is 4.57 Å². The molecule has 0 amide bonds. The zero-order valence-corrected chi connectivity index (χ0v) is 11.2. The van der Waals surface area contributed by atoms with Gasteiger partial charge < -0.3 is 14.0 Å². The monoisotopic (exact) mass is 263 g/mol. The van der Waals surface area contributed by atoms with Crippen LogP contribution in [0.4, 0.5) is 0 Å². The maximum Gasteiger partial charge on any atom is 0.343 e. The van der Waals surface area contributed by atoms with Gasteiger partial charge in [0.1, 0.15) is 6.61 Å². The molecule has 1 atom stereocenters. The molecule has 5 nitrogen and oxygen atoms in total. The van der Waals surface area contributed by atoms with Crippen LogP contribution >= 0.6 is 0 Å². The molecule has 5 heteroatoms. The van der Waals surface area contributed by atoms with E-state index >= 15 is 0 Å². The first-order valence-electron chi connectivity index (χ1n) is 6.62. The van der Waals surface area contributed by atoms with Crippen molar-refractivity contribution in [3.63, 3.8) is 0 Å². The molecule has 19 heavy (non-hydrogen) atoms. The summed E-state index contributed by atoms with van der Waals surface area (Å²) in [7, 11) is 1.49. The summed E-state index contributed by atoms with van der Waals surface area (Å²) in [6.45, 7) is 2.67. The maximum atomic E-state index is 12.4. The van der Waals surface area contributed by atoms with Crippen molar-refractivity contribution in [3.05, 3.63) is 33.2 Å². The number of hydrogen-bond acceptors (Lipinski definition) is 4. The largest absolute Gasteiger partial charge is 0.458 e. The summed E-state index contributed by atoms with van der Waals surface area (Å²) in [6.07, 6.45) is 2.30. The fourth-order valence-electron chi connectivity index (χ4n) is 3.15. The lowest BCUT2D eigenvalue weighted by Crippen LogP contribution is -2.45. The van der Waals surface area contributed by atoms with Crippen molar-refractivity contribution < 1.29 is 14.3 Å². The van der Waals surface area contributed by atoms with E-state index < -0.39 is 11.6 Å². The second-order valence-corrected chi connectivity index (χ2v) is 5.05. The van der Waals surface area contributed by atoms with E-state index in [1.165, 1.54) is 7.11 Å². The molecule has 3 heterocycles. The smallest absolute Gasteiger partial charge is 0.343 e. The zero-order chi connectivity index (χ0) is 13.6. The number of pyridine rings is 1. The highest BCUT2D eigenvalue weighted by molar-refractivity contribution is 5.83. The minimum absolute atomic E-state index is 0.0348. The first-order chi connectivity index (χ1) is 9.14. The Hall–Kier alpha value is -1.62. The van der Waals surface area contributed by atoms with Crippen LogP contribution in [-0.4, -0.2) is 17.6 Å². The summed E-state index contributed by atoms with van der Waals surface area (Å²) < 4.78 is 12.4. The van der Waals surface area contributed by atoms with Crippen molar-refractivity contribution in [2.75, 3.05) is 7.11 Å². The number of carbonyl (C=O) groups is 1. The standard InChI is InChI=1S/C14H17NO4/c1-3-14(18-2)11-7-9-5-4-6-15(9)12(16)10(11)8-19-13(14)17/h7H,3-6,8H2,1-2H3/t14-/m0/s1. The third-order valence-electron chi connectivity index (χ3n) is 4.26. The van der Waals surface area contributed by atoms with Crippen LogP contribution in [0.1, 0.15) is 36.6 Å². The molecule has 0 bridgehead atoms. The van der Waals surface area contributed by atoms with Crippen LogP contribution in [0.15, 0.2) is 10.9 Å². The number of ether oxygens (including phenoxy) is 2. The van der Waals surface area contributed by atoms with E-state index in [0.717, 1.165) is 25.1 Å². The molecule has 0 radical (unpaired) electrons. The SMILES string of the molecule is CC[C@@]1(OC)C(=O)OCc2c1cc1n(c2=O)CCC1. The molecule has 0 aromatic carbocycles. The molecule has 2 aliphatic heterocycles. The Morgan fingerprint density at radius 3 is 2.95 bits per heavy atom. The van der Waals surface area contributed by atoms with Crippen molar-refractivity contribution in [2.24, 2.45) is 0 Å². The molecule has 0 fully saturated rings. The predicted octanol–water partition coefficient (Wildman–Crippen LogP) is 1.10. The Bertz CT molecular complexity index is 598. The predicted molar refractivity (Wildman–Crippen MR) is 67.8 cm³/mol. The van der Waals surface area contributed by atoms with Gasteiger partial charge in [0.05, 0.1) is 5.56 Å². The molecule has 0 N–H and O–H groups in total. The van der Waals surface area contributed by atoms with E-state index in [4.69, 9.17) is 9.47 Å². The number of aromatic nitrogens is 1. The third-order valence-corrected chi connectivity index (χ3v) is 4.26. The van der Waals surface area contributed by atoms with Crippen LogP contribution in [0.5, 0.6) is 0 Å². The van der Waals surface area contributed by atoms with E-state index in [-0.39, 0.29) is 12.2 Å². The number of aryl methyl sites for hydroxylation is 1. The van der Waals surface area contributed by atoms with Gasteiger partial charge in [-0.1, -0.05) is 6.92 Å². The number of methoxy groups -OCH3 is 1. The van der Waals surface area contributed by atoms with Crippen LogP contribution < -0.4 is 5.56 Å². The van der Waals surface area contributed by atoms with E-state index in [1.54, 1.807) is 4.57 Å². The van der Waals surface area contributed by atoms with Gasteiger partial charge in [-0.15, -0.1) is 0 Å². The Balaban J connectivity index is 2.30. The quantitative estimate of drug-likeness (QED) is 0.750. The summed E-state index contributed by atoms with van der Waals surface area (Å²) in [5.41, 5.74) is 1.10. The molecule has 102 valence electrons. The van der Waals surface area contributed by atoms with E-state index in [2.05, 4.69) is 0 Å². The van der Waals surface area contributed by atoms with Crippen molar-refractivity contribution in [3.8, 4) is 0 Å². The van der Waals surface area contributed by atoms with Crippen LogP contribution in [0.2, 0.25) is 0 Å². The molecule has 1 aromatic rings. The minimum atomic E-state index is -1.12. The minimum Gasteiger partial charge on any atom is -0.458 e. The summed E-state index contributed by atoms with van der Waals surface area (Å²) in [4.78, 5) is 24.5. The van der Waals surface area contributed by atoms with Crippen molar-refractivity contribution in [2.45, 2.75) is 44.9 Å². The maximum absolute atomic E-state index is 12.4. The lowest BCUT2D eigenvalue weighted by molar-refractivity contribution is -0.176. The van der Waals surface area contributed by atoms with E-state index in [0.29, 0.717) is 17.5 Å². The molecule has 1 aromatic heterocycles. The second-order valence-electron chi connectivity index (χ2n) is 5.05. The lowest BCUT2D eigenvalue weighted by atomic mass is 9.85. The Morgan fingerprint density at radius 2 is 2.26 bits per heavy atom. The first kappa shape index (κ1) is 12.4. The highest BCUT2D eigenvalue weighted by Gasteiger charge is 2.46. The van der Waals surface area contributed by atoms with Gasteiger partial charge in [-0.05, 0) is 25.3 Å². The van der Waals surface area contributed by atoms with E-state index in [1.807, 2.05) is 13.0 Å². The number of rotatable bonds is 2. The second kappa shape index (κ2) is 4.20. The number of hydrogen-bond donors (Lipinski definition) is 0. The van der Waals surface area contributed by atoms with Gasteiger partial charge in [-0.2, -0.15) is 0 Å². The number of nitrogens with zero attached hydrogens (tertiary/aromatic N) is 1. The molecule has 0 spiro atoms. The van der Waals surface area contributed by atoms with Crippen molar-refractivity contribution >= 4 is 5.97 Å². The molecule has 2 aliphatic rings. The van der Waals surface area contributed by atoms with Crippen LogP contribution in [0.3, 0.4) is 0 Å². The normalized spacial score (nSPS) is 24.8. The summed E-state index contributed by atoms with van der Waals surface area (Å²) >= 11 is 0. The van der Waals surface area contributed by atoms with Gasteiger partial charge >= 0.3 is 5.97 Å². The molecule has 0 unspecified atom stereocenters. The van der Waals surface area contributed by atoms with Gasteiger partial charge in [0.15, 0.2) is 5.60 Å². The number of carbonyl (C=O) groups excluding carboxylic acids is 1. The Kier molecular flexibility index (Phi) is 2.74. The average molecular weight is 263 g/mol. The van der Waals surface area contributed by atoms with Crippen LogP contribution in [-0.2, 0) is 39.4 Å². The molecule has 0 saturated heterocycles. The van der Waals surface area contributed by atoms with Gasteiger partial charge in [0.25, 0.3) is 5.56 Å². The fraction of sp³-hybridized carbons (Fsp3) is 0.571. The average Bonchev–Trinajstić information content (AvgIpc) is 2.88. The Labute approximate surface area is 111 Å². The summed E-state index contributed by atoms with van der Waals surface area (Å²) in [5.74, 6) is -0.396. The summed E-state index contributed by atoms with van der Waals surface area (Å²) in [5, 5.41) is 0. The molecule has 0 aliphatic carbocycles. The fourth-order valence-corrected chi connectivity index (χ4v) is 3.15. The lowest BCUT2D eigenvalue weighted by Gasteiger charge is -2.35. The molecular formula is C14H17NO4. The van der Waals surface area contributed by atoms with Crippen LogP contribution in [0, 0.1) is 0 Å². The molecular weight excluding hydrogens is 246 g/mol. The van der Waals surface area contributed by atoms with E-state index in [9.17, 15) is 9.59 Å². The first-order valence-corrected chi connectivity index (χ1v) is 6.62. The zero-order valence-electron chi connectivity index (χ0n) is 11.2. The van der Waals surface area contributed by atoms with Crippen LogP contribution in [0.25, 0.3) is 0 Å². The number of cyclic esters (lactones) is 1. The highest BCUT2D eigenvalue weighted by atomic mass is 16.6.